The standard InChI is InChI=1S/C17H23N3O4S/c1-11(2)17-18-10-15(19-17)25(23,24)20(6-5-16(21)22)14-8-12(3)7-13(4)9-14/h7-11H,5-6H2,1-4H3,(H,18,19)(H,21,22). The number of imidazole rings is 1. The Balaban J connectivity index is 2.50. The molecule has 0 unspecified atom stereocenters. The van der Waals surface area contributed by atoms with Gasteiger partial charge in [-0.3, -0.25) is 9.10 Å². The number of H-pyrrole nitrogens is 1. The molecule has 1 heterocycles. The number of nitrogens with one attached hydrogen (secondary N) is 1. The number of carboxylic acid groups (broad SMARTS) is 1. The molecule has 7 nitrogen and oxygen atoms in total. The van der Waals surface area contributed by atoms with Crippen molar-refractivity contribution in [3.8, 4) is 0 Å². The van der Waals surface area contributed by atoms with Crippen molar-refractivity contribution >= 4 is 21.7 Å². The number of aromatic nitrogens is 2. The zero-order chi connectivity index (χ0) is 18.8. The molecule has 0 saturated carbocycles. The summed E-state index contributed by atoms with van der Waals surface area (Å²) in [6, 6.07) is 5.39. The summed E-state index contributed by atoms with van der Waals surface area (Å²) in [5, 5.41) is 8.95. The summed E-state index contributed by atoms with van der Waals surface area (Å²) in [4.78, 5) is 17.9. The van der Waals surface area contributed by atoms with Crippen LogP contribution in [-0.4, -0.2) is 36.0 Å². The van der Waals surface area contributed by atoms with Crippen LogP contribution >= 0.6 is 0 Å². The lowest BCUT2D eigenvalue weighted by molar-refractivity contribution is -0.136. The molecule has 0 aliphatic heterocycles. The summed E-state index contributed by atoms with van der Waals surface area (Å²) in [6.07, 6.45) is 0.985. The molecule has 2 aromatic rings. The second-order valence-corrected chi connectivity index (χ2v) is 8.18. The van der Waals surface area contributed by atoms with E-state index in [1.807, 2.05) is 33.8 Å². The van der Waals surface area contributed by atoms with Crippen molar-refractivity contribution in [1.82, 2.24) is 9.97 Å². The van der Waals surface area contributed by atoms with Crippen molar-refractivity contribution in [3.05, 3.63) is 41.3 Å². The molecule has 1 aromatic heterocycles. The maximum atomic E-state index is 13.1. The molecule has 0 radical (unpaired) electrons. The number of anilines is 1. The number of hydrogen-bond donors (Lipinski definition) is 2. The van der Waals surface area contributed by atoms with E-state index in [2.05, 4.69) is 9.97 Å². The van der Waals surface area contributed by atoms with E-state index in [1.165, 1.54) is 6.20 Å². The first-order valence-corrected chi connectivity index (χ1v) is 9.43. The first-order valence-electron chi connectivity index (χ1n) is 7.99. The van der Waals surface area contributed by atoms with Crippen molar-refractivity contribution in [1.29, 1.82) is 0 Å². The second-order valence-electron chi connectivity index (χ2n) is 6.35. The molecule has 0 spiro atoms. The van der Waals surface area contributed by atoms with Crippen LogP contribution in [0.4, 0.5) is 5.69 Å². The summed E-state index contributed by atoms with van der Waals surface area (Å²) in [7, 11) is -3.94. The maximum absolute atomic E-state index is 13.1. The highest BCUT2D eigenvalue weighted by Crippen LogP contribution is 2.26. The normalized spacial score (nSPS) is 11.7. The number of carbonyl (C=O) groups is 1. The fraction of sp³-hybridized carbons (Fsp3) is 0.412. The number of sulfonamides is 1. The lowest BCUT2D eigenvalue weighted by atomic mass is 10.1. The van der Waals surface area contributed by atoms with Gasteiger partial charge in [-0.25, -0.2) is 4.98 Å². The monoisotopic (exact) mass is 365 g/mol. The predicted molar refractivity (Wildman–Crippen MR) is 95.4 cm³/mol. The fourth-order valence-electron chi connectivity index (χ4n) is 2.54. The third-order valence-corrected chi connectivity index (χ3v) is 5.45. The number of benzene rings is 1. The zero-order valence-corrected chi connectivity index (χ0v) is 15.6. The third kappa shape index (κ3) is 4.39. The van der Waals surface area contributed by atoms with E-state index in [0.717, 1.165) is 15.4 Å². The summed E-state index contributed by atoms with van der Waals surface area (Å²) < 4.78 is 27.3. The van der Waals surface area contributed by atoms with Crippen LogP contribution in [-0.2, 0) is 14.8 Å². The van der Waals surface area contributed by atoms with Crippen LogP contribution in [0.1, 0.15) is 43.1 Å². The van der Waals surface area contributed by atoms with Gasteiger partial charge >= 0.3 is 5.97 Å². The molecular formula is C17H23N3O4S. The maximum Gasteiger partial charge on any atom is 0.305 e. The Kier molecular flexibility index (Phi) is 5.52. The highest BCUT2D eigenvalue weighted by atomic mass is 32.2. The van der Waals surface area contributed by atoms with Crippen LogP contribution in [0.2, 0.25) is 0 Å². The van der Waals surface area contributed by atoms with Crippen molar-refractivity contribution in [2.75, 3.05) is 10.8 Å². The molecule has 1 aromatic carbocycles. The van der Waals surface area contributed by atoms with Crippen LogP contribution in [0, 0.1) is 13.8 Å². The minimum atomic E-state index is -3.94. The van der Waals surface area contributed by atoms with Gasteiger partial charge in [0.2, 0.25) is 0 Å². The van der Waals surface area contributed by atoms with Crippen LogP contribution in [0.3, 0.4) is 0 Å². The zero-order valence-electron chi connectivity index (χ0n) is 14.8. The molecule has 0 amide bonds. The minimum Gasteiger partial charge on any atom is -0.481 e. The quantitative estimate of drug-likeness (QED) is 0.785. The molecule has 2 rings (SSSR count). The molecule has 0 saturated heterocycles. The van der Waals surface area contributed by atoms with Gasteiger partial charge in [-0.2, -0.15) is 8.42 Å². The van der Waals surface area contributed by atoms with Gasteiger partial charge in [0.15, 0.2) is 5.03 Å². The number of rotatable bonds is 7. The number of aliphatic carboxylic acids is 1. The molecular weight excluding hydrogens is 342 g/mol. The van der Waals surface area contributed by atoms with Crippen LogP contribution in [0.15, 0.2) is 29.4 Å². The first kappa shape index (κ1) is 19.0. The van der Waals surface area contributed by atoms with Gasteiger partial charge in [-0.1, -0.05) is 19.9 Å². The number of aryl methyl sites for hydroxylation is 2. The number of nitrogens with zero attached hydrogens (tertiary/aromatic N) is 2. The van der Waals surface area contributed by atoms with Gasteiger partial charge in [-0.05, 0) is 37.1 Å². The third-order valence-electron chi connectivity index (χ3n) is 3.71. The van der Waals surface area contributed by atoms with Crippen LogP contribution in [0.25, 0.3) is 0 Å². The second kappa shape index (κ2) is 7.26. The summed E-state index contributed by atoms with van der Waals surface area (Å²) in [5.41, 5.74) is 2.25. The van der Waals surface area contributed by atoms with Gasteiger partial charge in [0.05, 0.1) is 18.3 Å². The summed E-state index contributed by atoms with van der Waals surface area (Å²) in [6.45, 7) is 7.39. The van der Waals surface area contributed by atoms with E-state index in [1.54, 1.807) is 12.1 Å². The van der Waals surface area contributed by atoms with E-state index in [-0.39, 0.29) is 23.9 Å². The molecule has 0 fully saturated rings. The summed E-state index contributed by atoms with van der Waals surface area (Å²) >= 11 is 0. The van der Waals surface area contributed by atoms with Crippen LogP contribution < -0.4 is 4.31 Å². The molecule has 0 aliphatic carbocycles. The van der Waals surface area contributed by atoms with Crippen molar-refractivity contribution in [3.63, 3.8) is 0 Å². The lowest BCUT2D eigenvalue weighted by Gasteiger charge is -2.24. The average molecular weight is 365 g/mol. The SMILES string of the molecule is Cc1cc(C)cc(N(CCC(=O)O)S(=O)(=O)c2cnc(C(C)C)[nH]2)c1. The lowest BCUT2D eigenvalue weighted by Crippen LogP contribution is -2.33. The fourth-order valence-corrected chi connectivity index (χ4v) is 3.91. The number of carboxylic acids is 1. The number of hydrogen-bond acceptors (Lipinski definition) is 4. The topological polar surface area (TPSA) is 103 Å². The van der Waals surface area contributed by atoms with Crippen LogP contribution in [0.5, 0.6) is 0 Å². The first-order chi connectivity index (χ1) is 11.6. The van der Waals surface area contributed by atoms with Gasteiger partial charge in [0.25, 0.3) is 10.0 Å². The highest BCUT2D eigenvalue weighted by Gasteiger charge is 2.28. The van der Waals surface area contributed by atoms with Crippen molar-refractivity contribution < 1.29 is 18.3 Å². The van der Waals surface area contributed by atoms with Crippen molar-refractivity contribution in [2.45, 2.75) is 45.1 Å². The van der Waals surface area contributed by atoms with Gasteiger partial charge in [-0.15, -0.1) is 0 Å². The minimum absolute atomic E-state index is 0.0410. The van der Waals surface area contributed by atoms with E-state index in [0.29, 0.717) is 11.5 Å². The Morgan fingerprint density at radius 3 is 2.32 bits per heavy atom. The Morgan fingerprint density at radius 2 is 1.84 bits per heavy atom. The molecule has 25 heavy (non-hydrogen) atoms. The summed E-state index contributed by atoms with van der Waals surface area (Å²) in [5.74, 6) is -0.438. The molecule has 0 atom stereocenters. The predicted octanol–water partition coefficient (Wildman–Crippen LogP) is 2.82. The van der Waals surface area contributed by atoms with E-state index in [4.69, 9.17) is 5.11 Å². The Morgan fingerprint density at radius 1 is 1.24 bits per heavy atom. The molecule has 0 aliphatic rings. The van der Waals surface area contributed by atoms with Gasteiger partial charge < -0.3 is 10.1 Å². The van der Waals surface area contributed by atoms with E-state index >= 15 is 0 Å². The number of aromatic amines is 1. The molecule has 8 heteroatoms. The Labute approximate surface area is 147 Å². The highest BCUT2D eigenvalue weighted by molar-refractivity contribution is 7.92. The average Bonchev–Trinajstić information content (AvgIpc) is 2.96. The smallest absolute Gasteiger partial charge is 0.305 e. The largest absolute Gasteiger partial charge is 0.481 e. The van der Waals surface area contributed by atoms with E-state index < -0.39 is 16.0 Å². The Bertz CT molecular complexity index is 852. The van der Waals surface area contributed by atoms with E-state index in [9.17, 15) is 13.2 Å². The Hall–Kier alpha value is -2.35. The molecule has 136 valence electrons. The molecule has 0 bridgehead atoms. The van der Waals surface area contributed by atoms with Gasteiger partial charge in [0, 0.05) is 12.5 Å². The van der Waals surface area contributed by atoms with Crippen molar-refractivity contribution in [2.24, 2.45) is 0 Å². The van der Waals surface area contributed by atoms with Gasteiger partial charge in [0.1, 0.15) is 5.82 Å². The molecule has 2 N–H and O–H groups in total.